The Bertz CT molecular complexity index is 652. The number of H-pyrrole nitrogens is 1. The Balaban J connectivity index is 2.15. The molecule has 1 aromatic carbocycles. The molecule has 3 heteroatoms. The van der Waals surface area contributed by atoms with Crippen LogP contribution in [0.15, 0.2) is 18.2 Å². The summed E-state index contributed by atoms with van der Waals surface area (Å²) in [6.07, 6.45) is 0. The van der Waals surface area contributed by atoms with Crippen LogP contribution in [0.1, 0.15) is 62.2 Å². The van der Waals surface area contributed by atoms with E-state index in [9.17, 15) is 0 Å². The van der Waals surface area contributed by atoms with Gasteiger partial charge in [-0.3, -0.25) is 4.90 Å². The molecule has 0 saturated heterocycles. The lowest BCUT2D eigenvalue weighted by atomic mass is 9.96. The summed E-state index contributed by atoms with van der Waals surface area (Å²) in [7, 11) is 2.17. The third-order valence-electron chi connectivity index (χ3n) is 4.27. The predicted octanol–water partition coefficient (Wildman–Crippen LogP) is 4.27. The third kappa shape index (κ3) is 2.62. The first-order valence-electron chi connectivity index (χ1n) is 7.86. The zero-order chi connectivity index (χ0) is 15.1. The van der Waals surface area contributed by atoms with Crippen molar-refractivity contribution in [1.82, 2.24) is 14.9 Å². The van der Waals surface area contributed by atoms with Crippen molar-refractivity contribution in [2.24, 2.45) is 0 Å². The summed E-state index contributed by atoms with van der Waals surface area (Å²) in [5, 5.41) is 0. The van der Waals surface area contributed by atoms with E-state index in [2.05, 4.69) is 62.8 Å². The Morgan fingerprint density at radius 2 is 1.86 bits per heavy atom. The highest BCUT2D eigenvalue weighted by Crippen LogP contribution is 2.33. The molecule has 0 spiro atoms. The van der Waals surface area contributed by atoms with Gasteiger partial charge in [0.2, 0.25) is 0 Å². The Labute approximate surface area is 127 Å². The average Bonchev–Trinajstić information content (AvgIpc) is 2.77. The Kier molecular flexibility index (Phi) is 3.62. The average molecular weight is 283 g/mol. The minimum absolute atomic E-state index is 0.431. The number of hydrogen-bond donors (Lipinski definition) is 1. The summed E-state index contributed by atoms with van der Waals surface area (Å²) in [5.74, 6) is 2.09. The summed E-state index contributed by atoms with van der Waals surface area (Å²) >= 11 is 0. The number of imidazole rings is 1. The number of rotatable bonds is 2. The second-order valence-corrected chi connectivity index (χ2v) is 6.84. The van der Waals surface area contributed by atoms with Crippen molar-refractivity contribution in [3.05, 3.63) is 40.8 Å². The topological polar surface area (TPSA) is 31.9 Å². The second kappa shape index (κ2) is 5.30. The molecule has 2 heterocycles. The van der Waals surface area contributed by atoms with Gasteiger partial charge < -0.3 is 4.98 Å². The van der Waals surface area contributed by atoms with Gasteiger partial charge in [0.05, 0.1) is 11.4 Å². The fraction of sp³-hybridized carbons (Fsp3) is 0.500. The van der Waals surface area contributed by atoms with Crippen molar-refractivity contribution < 1.29 is 0 Å². The van der Waals surface area contributed by atoms with Gasteiger partial charge in [-0.2, -0.15) is 0 Å². The number of aromatic amines is 1. The van der Waals surface area contributed by atoms with E-state index in [0.29, 0.717) is 11.8 Å². The molecular weight excluding hydrogens is 258 g/mol. The Morgan fingerprint density at radius 3 is 2.52 bits per heavy atom. The van der Waals surface area contributed by atoms with E-state index in [1.54, 1.807) is 0 Å². The standard InChI is InChI=1S/C18H25N3/c1-11(2)13-6-7-15-14(8-13)9-21(5)10-16-17(15)20-18(19-16)12(3)4/h6-8,11-12H,9-10H2,1-5H3,(H,19,20). The maximum atomic E-state index is 4.82. The first-order valence-corrected chi connectivity index (χ1v) is 7.86. The second-order valence-electron chi connectivity index (χ2n) is 6.84. The summed E-state index contributed by atoms with van der Waals surface area (Å²) in [5.41, 5.74) is 6.53. The van der Waals surface area contributed by atoms with Gasteiger partial charge in [-0.25, -0.2) is 4.98 Å². The lowest BCUT2D eigenvalue weighted by Crippen LogP contribution is -2.16. The van der Waals surface area contributed by atoms with E-state index in [4.69, 9.17) is 4.98 Å². The molecule has 0 unspecified atom stereocenters. The minimum Gasteiger partial charge on any atom is -0.342 e. The molecule has 3 rings (SSSR count). The van der Waals surface area contributed by atoms with Crippen LogP contribution in [0.5, 0.6) is 0 Å². The molecule has 0 amide bonds. The van der Waals surface area contributed by atoms with Gasteiger partial charge in [-0.05, 0) is 24.1 Å². The zero-order valence-corrected chi connectivity index (χ0v) is 13.7. The van der Waals surface area contributed by atoms with E-state index < -0.39 is 0 Å². The molecule has 0 bridgehead atoms. The number of fused-ring (bicyclic) bond motifs is 3. The van der Waals surface area contributed by atoms with Crippen molar-refractivity contribution in [2.75, 3.05) is 7.05 Å². The van der Waals surface area contributed by atoms with E-state index in [0.717, 1.165) is 18.9 Å². The van der Waals surface area contributed by atoms with Crippen LogP contribution in [-0.4, -0.2) is 21.9 Å². The monoisotopic (exact) mass is 283 g/mol. The van der Waals surface area contributed by atoms with Gasteiger partial charge in [-0.15, -0.1) is 0 Å². The van der Waals surface area contributed by atoms with Gasteiger partial charge in [0, 0.05) is 24.6 Å². The molecule has 112 valence electrons. The first kappa shape index (κ1) is 14.3. The number of hydrogen-bond acceptors (Lipinski definition) is 2. The SMILES string of the molecule is CC(C)c1ccc2c(c1)CN(C)Cc1nc(C(C)C)[nH]c1-2. The first-order chi connectivity index (χ1) is 9.95. The quantitative estimate of drug-likeness (QED) is 0.892. The minimum atomic E-state index is 0.431. The molecule has 0 fully saturated rings. The van der Waals surface area contributed by atoms with Crippen LogP contribution in [0.4, 0.5) is 0 Å². The van der Waals surface area contributed by atoms with E-state index in [-0.39, 0.29) is 0 Å². The van der Waals surface area contributed by atoms with Crippen LogP contribution in [0.25, 0.3) is 11.3 Å². The molecule has 2 aromatic rings. The van der Waals surface area contributed by atoms with Crippen molar-refractivity contribution in [2.45, 2.75) is 52.6 Å². The molecule has 1 aromatic heterocycles. The molecular formula is C18H25N3. The van der Waals surface area contributed by atoms with Crippen LogP contribution in [0, 0.1) is 0 Å². The summed E-state index contributed by atoms with van der Waals surface area (Å²) < 4.78 is 0. The Hall–Kier alpha value is -1.61. The highest BCUT2D eigenvalue weighted by molar-refractivity contribution is 5.68. The van der Waals surface area contributed by atoms with Gasteiger partial charge in [0.25, 0.3) is 0 Å². The highest BCUT2D eigenvalue weighted by Gasteiger charge is 2.22. The van der Waals surface area contributed by atoms with E-state index >= 15 is 0 Å². The lowest BCUT2D eigenvalue weighted by molar-refractivity contribution is 0.319. The third-order valence-corrected chi connectivity index (χ3v) is 4.27. The molecule has 1 N–H and O–H groups in total. The normalized spacial score (nSPS) is 15.2. The van der Waals surface area contributed by atoms with Crippen molar-refractivity contribution in [3.63, 3.8) is 0 Å². The highest BCUT2D eigenvalue weighted by atomic mass is 15.1. The van der Waals surface area contributed by atoms with Gasteiger partial charge in [0.1, 0.15) is 5.82 Å². The maximum absolute atomic E-state index is 4.82. The van der Waals surface area contributed by atoms with E-state index in [1.807, 2.05) is 0 Å². The van der Waals surface area contributed by atoms with E-state index in [1.165, 1.54) is 28.1 Å². The molecule has 1 aliphatic heterocycles. The molecule has 21 heavy (non-hydrogen) atoms. The molecule has 0 atom stereocenters. The number of benzene rings is 1. The number of nitrogens with one attached hydrogen (secondary N) is 1. The molecule has 0 aliphatic carbocycles. The van der Waals surface area contributed by atoms with Crippen molar-refractivity contribution >= 4 is 0 Å². The fourth-order valence-corrected chi connectivity index (χ4v) is 2.99. The molecule has 0 radical (unpaired) electrons. The maximum Gasteiger partial charge on any atom is 0.109 e. The van der Waals surface area contributed by atoms with Gasteiger partial charge in [-0.1, -0.05) is 45.9 Å². The number of nitrogens with zero attached hydrogens (tertiary/aromatic N) is 2. The Morgan fingerprint density at radius 1 is 1.10 bits per heavy atom. The lowest BCUT2D eigenvalue weighted by Gasteiger charge is -2.15. The smallest absolute Gasteiger partial charge is 0.109 e. The molecule has 0 saturated carbocycles. The fourth-order valence-electron chi connectivity index (χ4n) is 2.99. The van der Waals surface area contributed by atoms with Crippen LogP contribution < -0.4 is 0 Å². The van der Waals surface area contributed by atoms with Crippen LogP contribution in [0.2, 0.25) is 0 Å². The summed E-state index contributed by atoms with van der Waals surface area (Å²) in [6, 6.07) is 6.89. The van der Waals surface area contributed by atoms with Gasteiger partial charge >= 0.3 is 0 Å². The van der Waals surface area contributed by atoms with Gasteiger partial charge in [0.15, 0.2) is 0 Å². The summed E-state index contributed by atoms with van der Waals surface area (Å²) in [4.78, 5) is 10.7. The van der Waals surface area contributed by atoms with Crippen LogP contribution in [0.3, 0.4) is 0 Å². The largest absolute Gasteiger partial charge is 0.342 e. The molecule has 3 nitrogen and oxygen atoms in total. The number of aromatic nitrogens is 2. The molecule has 1 aliphatic rings. The van der Waals surface area contributed by atoms with Crippen LogP contribution >= 0.6 is 0 Å². The van der Waals surface area contributed by atoms with Crippen molar-refractivity contribution in [3.8, 4) is 11.3 Å². The zero-order valence-electron chi connectivity index (χ0n) is 13.7. The summed E-state index contributed by atoms with van der Waals surface area (Å²) in [6.45, 7) is 10.8. The van der Waals surface area contributed by atoms with Crippen molar-refractivity contribution in [1.29, 1.82) is 0 Å². The predicted molar refractivity (Wildman–Crippen MR) is 87.4 cm³/mol. The van der Waals surface area contributed by atoms with Crippen LogP contribution in [-0.2, 0) is 13.1 Å².